The molecule has 0 aliphatic rings. The molecule has 0 spiro atoms. The van der Waals surface area contributed by atoms with Crippen molar-refractivity contribution in [3.05, 3.63) is 65.2 Å². The third kappa shape index (κ3) is 4.89. The van der Waals surface area contributed by atoms with Gasteiger partial charge >= 0.3 is 0 Å². The van der Waals surface area contributed by atoms with Crippen molar-refractivity contribution in [2.75, 3.05) is 20.8 Å². The summed E-state index contributed by atoms with van der Waals surface area (Å²) >= 11 is 0. The molecule has 0 aliphatic carbocycles. The number of ketones is 1. The van der Waals surface area contributed by atoms with Crippen molar-refractivity contribution < 1.29 is 27.8 Å². The third-order valence-electron chi connectivity index (χ3n) is 3.46. The lowest BCUT2D eigenvalue weighted by molar-refractivity contribution is -0.122. The number of rotatable bonds is 7. The Morgan fingerprint density at radius 1 is 1.08 bits per heavy atom. The van der Waals surface area contributed by atoms with Crippen molar-refractivity contribution in [2.24, 2.45) is 0 Å². The van der Waals surface area contributed by atoms with Crippen LogP contribution in [-0.4, -0.2) is 32.5 Å². The van der Waals surface area contributed by atoms with E-state index in [1.807, 2.05) is 0 Å². The first-order valence-corrected chi connectivity index (χ1v) is 7.63. The second-order valence-corrected chi connectivity index (χ2v) is 5.20. The van der Waals surface area contributed by atoms with Gasteiger partial charge in [0.05, 0.1) is 7.11 Å². The van der Waals surface area contributed by atoms with Crippen LogP contribution < -0.4 is 14.8 Å². The van der Waals surface area contributed by atoms with Crippen molar-refractivity contribution in [1.82, 2.24) is 5.32 Å². The summed E-state index contributed by atoms with van der Waals surface area (Å²) in [5, 5.41) is 2.44. The zero-order valence-corrected chi connectivity index (χ0v) is 14.2. The maximum Gasteiger partial charge on any atom is 0.257 e. The van der Waals surface area contributed by atoms with Crippen molar-refractivity contribution in [3.63, 3.8) is 0 Å². The lowest BCUT2D eigenvalue weighted by atomic mass is 10.1. The summed E-state index contributed by atoms with van der Waals surface area (Å²) in [5.74, 6) is -2.08. The van der Waals surface area contributed by atoms with Gasteiger partial charge in [-0.1, -0.05) is 12.1 Å². The number of allylic oxidation sites excluding steroid dienone is 1. The molecule has 0 heterocycles. The summed E-state index contributed by atoms with van der Waals surface area (Å²) in [7, 11) is 2.95. The van der Waals surface area contributed by atoms with Crippen molar-refractivity contribution in [3.8, 4) is 11.5 Å². The SMILES string of the molecule is CNC(=O)COc1ccc(C=CC(=O)c2ccc(F)c(F)c2)cc1OC. The van der Waals surface area contributed by atoms with E-state index in [9.17, 15) is 18.4 Å². The number of hydrogen-bond acceptors (Lipinski definition) is 4. The van der Waals surface area contributed by atoms with Gasteiger partial charge in [0, 0.05) is 12.6 Å². The Labute approximate surface area is 149 Å². The molecule has 0 aromatic heterocycles. The highest BCUT2D eigenvalue weighted by Crippen LogP contribution is 2.28. The van der Waals surface area contributed by atoms with Gasteiger partial charge in [0.15, 0.2) is 35.5 Å². The standard InChI is InChI=1S/C19H17F2NO4/c1-22-19(24)11-26-17-8-4-12(9-18(17)25-2)3-7-16(23)13-5-6-14(20)15(21)10-13/h3-10H,11H2,1-2H3,(H,22,24). The van der Waals surface area contributed by atoms with E-state index in [0.717, 1.165) is 12.1 Å². The van der Waals surface area contributed by atoms with Crippen LogP contribution >= 0.6 is 0 Å². The second-order valence-electron chi connectivity index (χ2n) is 5.20. The first-order chi connectivity index (χ1) is 12.4. The van der Waals surface area contributed by atoms with Crippen LogP contribution in [0.2, 0.25) is 0 Å². The average Bonchev–Trinajstić information content (AvgIpc) is 2.66. The smallest absolute Gasteiger partial charge is 0.257 e. The van der Waals surface area contributed by atoms with E-state index in [0.29, 0.717) is 17.1 Å². The number of carbonyl (C=O) groups excluding carboxylic acids is 2. The topological polar surface area (TPSA) is 64.6 Å². The van der Waals surface area contributed by atoms with E-state index in [2.05, 4.69) is 5.32 Å². The van der Waals surface area contributed by atoms with Gasteiger partial charge < -0.3 is 14.8 Å². The number of amides is 1. The normalized spacial score (nSPS) is 10.6. The quantitative estimate of drug-likeness (QED) is 0.608. The molecule has 136 valence electrons. The van der Waals surface area contributed by atoms with Crippen LogP contribution in [0.4, 0.5) is 8.78 Å². The Morgan fingerprint density at radius 2 is 1.85 bits per heavy atom. The number of likely N-dealkylation sites (N-methyl/N-ethyl adjacent to an activating group) is 1. The van der Waals surface area contributed by atoms with E-state index in [4.69, 9.17) is 9.47 Å². The number of carbonyl (C=O) groups is 2. The number of benzene rings is 2. The van der Waals surface area contributed by atoms with Crippen LogP contribution in [-0.2, 0) is 4.79 Å². The molecule has 0 saturated heterocycles. The molecular formula is C19H17F2NO4. The molecule has 2 aromatic carbocycles. The van der Waals surface area contributed by atoms with Crippen LogP contribution in [0.25, 0.3) is 6.08 Å². The average molecular weight is 361 g/mol. The largest absolute Gasteiger partial charge is 0.493 e. The molecule has 0 fully saturated rings. The summed E-state index contributed by atoms with van der Waals surface area (Å²) in [4.78, 5) is 23.3. The van der Waals surface area contributed by atoms with Gasteiger partial charge in [-0.15, -0.1) is 0 Å². The monoisotopic (exact) mass is 361 g/mol. The van der Waals surface area contributed by atoms with Crippen molar-refractivity contribution >= 4 is 17.8 Å². The minimum Gasteiger partial charge on any atom is -0.493 e. The molecule has 5 nitrogen and oxygen atoms in total. The van der Waals surface area contributed by atoms with Crippen LogP contribution in [0, 0.1) is 11.6 Å². The molecule has 26 heavy (non-hydrogen) atoms. The first-order valence-electron chi connectivity index (χ1n) is 7.63. The molecule has 2 rings (SSSR count). The van der Waals surface area contributed by atoms with E-state index in [1.165, 1.54) is 32.4 Å². The Balaban J connectivity index is 2.13. The van der Waals surface area contributed by atoms with E-state index >= 15 is 0 Å². The predicted octanol–water partition coefficient (Wildman–Crippen LogP) is 2.99. The minimum absolute atomic E-state index is 0.0395. The van der Waals surface area contributed by atoms with Crippen molar-refractivity contribution in [1.29, 1.82) is 0 Å². The summed E-state index contributed by atoms with van der Waals surface area (Å²) < 4.78 is 36.7. The molecule has 0 atom stereocenters. The summed E-state index contributed by atoms with van der Waals surface area (Å²) in [5.41, 5.74) is 0.669. The predicted molar refractivity (Wildman–Crippen MR) is 92.3 cm³/mol. The van der Waals surface area contributed by atoms with Gasteiger partial charge in [-0.2, -0.15) is 0 Å². The fourth-order valence-electron chi connectivity index (χ4n) is 2.04. The van der Waals surface area contributed by atoms with Gasteiger partial charge in [0.2, 0.25) is 0 Å². The molecule has 7 heteroatoms. The van der Waals surface area contributed by atoms with Gasteiger partial charge in [0.1, 0.15) is 0 Å². The van der Waals surface area contributed by atoms with Crippen LogP contribution in [0.1, 0.15) is 15.9 Å². The van der Waals surface area contributed by atoms with Crippen LogP contribution in [0.5, 0.6) is 11.5 Å². The van der Waals surface area contributed by atoms with Gasteiger partial charge in [-0.25, -0.2) is 8.78 Å². The Morgan fingerprint density at radius 3 is 2.50 bits per heavy atom. The highest BCUT2D eigenvalue weighted by molar-refractivity contribution is 6.06. The number of methoxy groups -OCH3 is 1. The molecule has 0 saturated carbocycles. The number of ether oxygens (including phenoxy) is 2. The summed E-state index contributed by atoms with van der Waals surface area (Å²) in [6, 6.07) is 7.84. The van der Waals surface area contributed by atoms with Gasteiger partial charge in [-0.05, 0) is 42.0 Å². The van der Waals surface area contributed by atoms with Crippen molar-refractivity contribution in [2.45, 2.75) is 0 Å². The zero-order valence-electron chi connectivity index (χ0n) is 14.2. The molecular weight excluding hydrogens is 344 g/mol. The Kier molecular flexibility index (Phi) is 6.43. The van der Waals surface area contributed by atoms with Crippen LogP contribution in [0.15, 0.2) is 42.5 Å². The fourth-order valence-corrected chi connectivity index (χ4v) is 2.04. The van der Waals surface area contributed by atoms with E-state index in [1.54, 1.807) is 18.2 Å². The number of halogens is 2. The van der Waals surface area contributed by atoms with E-state index < -0.39 is 17.4 Å². The Bertz CT molecular complexity index is 849. The summed E-state index contributed by atoms with van der Waals surface area (Å²) in [6.07, 6.45) is 2.75. The maximum absolute atomic E-state index is 13.2. The number of nitrogens with one attached hydrogen (secondary N) is 1. The van der Waals surface area contributed by atoms with E-state index in [-0.39, 0.29) is 18.1 Å². The lowest BCUT2D eigenvalue weighted by Gasteiger charge is -2.10. The highest BCUT2D eigenvalue weighted by atomic mass is 19.2. The molecule has 0 radical (unpaired) electrons. The third-order valence-corrected chi connectivity index (χ3v) is 3.46. The number of hydrogen-bond donors (Lipinski definition) is 1. The Hall–Kier alpha value is -3.22. The minimum atomic E-state index is -1.08. The molecule has 1 N–H and O–H groups in total. The second kappa shape index (κ2) is 8.75. The molecule has 0 unspecified atom stereocenters. The van der Waals surface area contributed by atoms with Gasteiger partial charge in [-0.3, -0.25) is 9.59 Å². The molecule has 2 aromatic rings. The highest BCUT2D eigenvalue weighted by Gasteiger charge is 2.09. The lowest BCUT2D eigenvalue weighted by Crippen LogP contribution is -2.24. The molecule has 0 aliphatic heterocycles. The fraction of sp³-hybridized carbons (Fsp3) is 0.158. The zero-order chi connectivity index (χ0) is 19.1. The molecule has 1 amide bonds. The first kappa shape index (κ1) is 19.1. The van der Waals surface area contributed by atoms with Gasteiger partial charge in [0.25, 0.3) is 5.91 Å². The van der Waals surface area contributed by atoms with Crippen LogP contribution in [0.3, 0.4) is 0 Å². The summed E-state index contributed by atoms with van der Waals surface area (Å²) in [6.45, 7) is -0.156. The molecule has 0 bridgehead atoms. The maximum atomic E-state index is 13.2.